The van der Waals surface area contributed by atoms with Crippen molar-refractivity contribution in [3.63, 3.8) is 0 Å². The van der Waals surface area contributed by atoms with Gasteiger partial charge in [-0.3, -0.25) is 9.63 Å². The molecule has 0 bridgehead atoms. The number of halogens is 1. The molecular weight excluding hydrogens is 305 g/mol. The number of hydrogen-bond acceptors (Lipinski definition) is 2. The maximum atomic E-state index is 12.2. The van der Waals surface area contributed by atoms with E-state index < -0.39 is 0 Å². The summed E-state index contributed by atoms with van der Waals surface area (Å²) in [6.45, 7) is 7.15. The molecule has 15 heavy (non-hydrogen) atoms. The quantitative estimate of drug-likeness (QED) is 0.587. The Kier molecular flexibility index (Phi) is 4.40. The van der Waals surface area contributed by atoms with E-state index in [0.717, 1.165) is 17.4 Å². The summed E-state index contributed by atoms with van der Waals surface area (Å²) in [7, 11) is 1.57. The van der Waals surface area contributed by atoms with Crippen LogP contribution in [0, 0.1) is 17.3 Å². The molecule has 1 fully saturated rings. The van der Waals surface area contributed by atoms with E-state index in [0.29, 0.717) is 11.8 Å². The molecule has 88 valence electrons. The van der Waals surface area contributed by atoms with E-state index in [1.807, 2.05) is 0 Å². The van der Waals surface area contributed by atoms with Crippen LogP contribution >= 0.6 is 22.6 Å². The normalized spacial score (nSPS) is 31.7. The van der Waals surface area contributed by atoms with Crippen molar-refractivity contribution in [1.29, 1.82) is 0 Å². The number of hydrogen-bond donors (Lipinski definition) is 0. The van der Waals surface area contributed by atoms with Crippen LogP contribution in [0.5, 0.6) is 0 Å². The first-order valence-electron chi connectivity index (χ1n) is 5.37. The van der Waals surface area contributed by atoms with Crippen molar-refractivity contribution in [3.8, 4) is 0 Å². The molecule has 1 rings (SSSR count). The van der Waals surface area contributed by atoms with Crippen molar-refractivity contribution in [1.82, 2.24) is 5.06 Å². The average Bonchev–Trinajstić information content (AvgIpc) is 2.39. The molecule has 1 aliphatic rings. The Morgan fingerprint density at radius 1 is 1.67 bits per heavy atom. The van der Waals surface area contributed by atoms with Crippen LogP contribution in [-0.2, 0) is 9.63 Å². The van der Waals surface area contributed by atoms with E-state index in [-0.39, 0.29) is 11.3 Å². The van der Waals surface area contributed by atoms with Crippen molar-refractivity contribution in [2.75, 3.05) is 18.1 Å². The molecule has 0 N–H and O–H groups in total. The minimum absolute atomic E-state index is 0.153. The Labute approximate surface area is 106 Å². The lowest BCUT2D eigenvalue weighted by Gasteiger charge is -2.28. The fraction of sp³-hybridized carbons (Fsp3) is 0.909. The minimum Gasteiger partial charge on any atom is -0.274 e. The highest BCUT2D eigenvalue weighted by Gasteiger charge is 2.50. The third-order valence-electron chi connectivity index (χ3n) is 3.24. The third-order valence-corrected chi connectivity index (χ3v) is 4.30. The Bertz CT molecular complexity index is 245. The summed E-state index contributed by atoms with van der Waals surface area (Å²) >= 11 is 2.36. The summed E-state index contributed by atoms with van der Waals surface area (Å²) in [4.78, 5) is 17.3. The number of carbonyl (C=O) groups excluding carboxylic acids is 1. The van der Waals surface area contributed by atoms with E-state index in [1.165, 1.54) is 5.06 Å². The first-order chi connectivity index (χ1) is 6.95. The number of alkyl halides is 1. The van der Waals surface area contributed by atoms with Crippen molar-refractivity contribution < 1.29 is 9.63 Å². The smallest absolute Gasteiger partial charge is 0.252 e. The third kappa shape index (κ3) is 2.46. The number of carbonyl (C=O) groups is 1. The molecule has 0 unspecified atom stereocenters. The molecule has 0 aromatic carbocycles. The van der Waals surface area contributed by atoms with E-state index in [9.17, 15) is 4.79 Å². The number of hydroxylamine groups is 2. The molecule has 1 heterocycles. The van der Waals surface area contributed by atoms with Crippen molar-refractivity contribution in [2.45, 2.75) is 27.2 Å². The average molecular weight is 325 g/mol. The van der Waals surface area contributed by atoms with Crippen LogP contribution < -0.4 is 0 Å². The maximum Gasteiger partial charge on any atom is 0.252 e. The summed E-state index contributed by atoms with van der Waals surface area (Å²) in [6.07, 6.45) is 0.944. The Hall–Kier alpha value is 0.160. The van der Waals surface area contributed by atoms with Gasteiger partial charge in [-0.2, -0.15) is 0 Å². The van der Waals surface area contributed by atoms with Crippen LogP contribution in [0.25, 0.3) is 0 Å². The van der Waals surface area contributed by atoms with Gasteiger partial charge in [0.15, 0.2) is 0 Å². The minimum atomic E-state index is -0.231. The zero-order valence-electron chi connectivity index (χ0n) is 9.92. The van der Waals surface area contributed by atoms with Gasteiger partial charge in [0.05, 0.1) is 19.1 Å². The molecule has 1 amide bonds. The number of amides is 1. The molecule has 0 saturated carbocycles. The monoisotopic (exact) mass is 325 g/mol. The highest BCUT2D eigenvalue weighted by atomic mass is 127. The van der Waals surface area contributed by atoms with Crippen molar-refractivity contribution in [3.05, 3.63) is 0 Å². The van der Waals surface area contributed by atoms with Gasteiger partial charge in [-0.25, -0.2) is 5.06 Å². The summed E-state index contributed by atoms with van der Waals surface area (Å²) in [6, 6.07) is 0. The lowest BCUT2D eigenvalue weighted by atomic mass is 9.74. The second kappa shape index (κ2) is 4.99. The van der Waals surface area contributed by atoms with Gasteiger partial charge < -0.3 is 0 Å². The van der Waals surface area contributed by atoms with Gasteiger partial charge in [0.1, 0.15) is 0 Å². The maximum absolute atomic E-state index is 12.2. The molecule has 0 aliphatic carbocycles. The van der Waals surface area contributed by atoms with Gasteiger partial charge in [-0.15, -0.1) is 0 Å². The van der Waals surface area contributed by atoms with Crippen LogP contribution in [0.3, 0.4) is 0 Å². The second-order valence-corrected chi connectivity index (χ2v) is 5.80. The Morgan fingerprint density at radius 2 is 2.27 bits per heavy atom. The molecule has 3 nitrogen and oxygen atoms in total. The molecule has 1 saturated heterocycles. The molecular formula is C11H20INO2. The summed E-state index contributed by atoms with van der Waals surface area (Å²) in [5.41, 5.74) is -0.231. The highest BCUT2D eigenvalue weighted by molar-refractivity contribution is 14.1. The fourth-order valence-electron chi connectivity index (χ4n) is 2.42. The predicted octanol–water partition coefficient (Wildman–Crippen LogP) is 2.49. The van der Waals surface area contributed by atoms with E-state index in [4.69, 9.17) is 4.84 Å². The second-order valence-electron chi connectivity index (χ2n) is 4.92. The summed E-state index contributed by atoms with van der Waals surface area (Å²) in [5.74, 6) is 1.11. The van der Waals surface area contributed by atoms with Crippen LogP contribution in [0.2, 0.25) is 0 Å². The fourth-order valence-corrected chi connectivity index (χ4v) is 3.67. The molecule has 0 radical (unpaired) electrons. The first kappa shape index (κ1) is 13.2. The van der Waals surface area contributed by atoms with E-state index in [1.54, 1.807) is 7.11 Å². The van der Waals surface area contributed by atoms with Gasteiger partial charge in [0.25, 0.3) is 5.91 Å². The first-order valence-corrected chi connectivity index (χ1v) is 6.90. The van der Waals surface area contributed by atoms with E-state index >= 15 is 0 Å². The van der Waals surface area contributed by atoms with Crippen LogP contribution in [-0.4, -0.2) is 29.1 Å². The number of nitrogens with zero attached hydrogens (tertiary/aromatic N) is 1. The SMILES string of the molecule is CON1C[C@@H](CI)[C@](C)(CC(C)C)C1=O. The molecule has 0 aromatic rings. The highest BCUT2D eigenvalue weighted by Crippen LogP contribution is 2.42. The van der Waals surface area contributed by atoms with Gasteiger partial charge in [0, 0.05) is 10.3 Å². The summed E-state index contributed by atoms with van der Waals surface area (Å²) < 4.78 is 1.01. The Balaban J connectivity index is 2.87. The van der Waals surface area contributed by atoms with Gasteiger partial charge in [0.2, 0.25) is 0 Å². The Morgan fingerprint density at radius 3 is 2.67 bits per heavy atom. The van der Waals surface area contributed by atoms with Crippen molar-refractivity contribution in [2.24, 2.45) is 17.3 Å². The lowest BCUT2D eigenvalue weighted by molar-refractivity contribution is -0.173. The topological polar surface area (TPSA) is 29.5 Å². The largest absolute Gasteiger partial charge is 0.274 e. The standard InChI is InChI=1S/C11H20INO2/c1-8(2)5-11(3)9(6-12)7-13(15-4)10(11)14/h8-9H,5-7H2,1-4H3/t9-,11+/m1/s1. The van der Waals surface area contributed by atoms with Crippen LogP contribution in [0.15, 0.2) is 0 Å². The van der Waals surface area contributed by atoms with E-state index in [2.05, 4.69) is 43.4 Å². The number of rotatable bonds is 4. The summed E-state index contributed by atoms with van der Waals surface area (Å²) in [5, 5.41) is 1.52. The van der Waals surface area contributed by atoms with Gasteiger partial charge in [-0.1, -0.05) is 43.4 Å². The van der Waals surface area contributed by atoms with Gasteiger partial charge >= 0.3 is 0 Å². The van der Waals surface area contributed by atoms with Gasteiger partial charge in [-0.05, 0) is 12.3 Å². The zero-order valence-corrected chi connectivity index (χ0v) is 12.1. The molecule has 0 aromatic heterocycles. The zero-order chi connectivity index (χ0) is 11.6. The molecule has 1 aliphatic heterocycles. The lowest BCUT2D eigenvalue weighted by Crippen LogP contribution is -2.35. The molecule has 2 atom stereocenters. The molecule has 0 spiro atoms. The van der Waals surface area contributed by atoms with Crippen molar-refractivity contribution >= 4 is 28.5 Å². The van der Waals surface area contributed by atoms with Crippen LogP contribution in [0.4, 0.5) is 0 Å². The molecule has 4 heteroatoms. The predicted molar refractivity (Wildman–Crippen MR) is 68.7 cm³/mol. The van der Waals surface area contributed by atoms with Crippen LogP contribution in [0.1, 0.15) is 27.2 Å².